The Kier molecular flexibility index (Phi) is 8.37. The highest BCUT2D eigenvalue weighted by molar-refractivity contribution is 7.92. The average molecular weight is 482 g/mol. The van der Waals surface area contributed by atoms with E-state index in [-0.39, 0.29) is 22.2 Å². The van der Waals surface area contributed by atoms with Gasteiger partial charge in [-0.25, -0.2) is 8.42 Å². The second kappa shape index (κ2) is 11.4. The molecule has 0 aliphatic rings. The zero-order valence-electron chi connectivity index (χ0n) is 18.8. The summed E-state index contributed by atoms with van der Waals surface area (Å²) in [4.78, 5) is 23.3. The van der Waals surface area contributed by atoms with Crippen molar-refractivity contribution in [2.75, 3.05) is 17.4 Å². The van der Waals surface area contributed by atoms with Gasteiger partial charge < -0.3 is 5.32 Å². The maximum Gasteiger partial charge on any atom is 0.269 e. The van der Waals surface area contributed by atoms with Crippen molar-refractivity contribution in [1.29, 1.82) is 0 Å². The van der Waals surface area contributed by atoms with Gasteiger partial charge >= 0.3 is 0 Å². The number of nitrogens with zero attached hydrogens (tertiary/aromatic N) is 2. The molecule has 0 saturated carbocycles. The molecule has 0 radical (unpaired) electrons. The molecule has 0 aliphatic heterocycles. The molecule has 1 amide bonds. The summed E-state index contributed by atoms with van der Waals surface area (Å²) in [5.41, 5.74) is 1.17. The molecule has 3 aromatic carbocycles. The van der Waals surface area contributed by atoms with Crippen LogP contribution in [0.15, 0.2) is 89.8 Å². The molecular formula is C25H27N3O5S. The van der Waals surface area contributed by atoms with Crippen molar-refractivity contribution >= 4 is 27.3 Å². The molecule has 0 aromatic heterocycles. The third-order valence-electron chi connectivity index (χ3n) is 5.50. The molecule has 0 heterocycles. The molecule has 3 rings (SSSR count). The second-order valence-corrected chi connectivity index (χ2v) is 9.73. The number of nitrogens with one attached hydrogen (secondary N) is 1. The number of non-ortho nitro benzene ring substituents is 1. The van der Waals surface area contributed by atoms with Crippen LogP contribution < -0.4 is 9.62 Å². The number of rotatable bonds is 11. The van der Waals surface area contributed by atoms with Crippen LogP contribution in [0.2, 0.25) is 0 Å². The van der Waals surface area contributed by atoms with E-state index in [1.54, 1.807) is 18.2 Å². The van der Waals surface area contributed by atoms with Crippen LogP contribution in [0.3, 0.4) is 0 Å². The van der Waals surface area contributed by atoms with E-state index in [2.05, 4.69) is 5.32 Å². The zero-order chi connectivity index (χ0) is 24.6. The topological polar surface area (TPSA) is 110 Å². The summed E-state index contributed by atoms with van der Waals surface area (Å²) in [5, 5.41) is 13.9. The molecule has 0 fully saturated rings. The first-order chi connectivity index (χ1) is 16.3. The van der Waals surface area contributed by atoms with Gasteiger partial charge in [0.2, 0.25) is 5.91 Å². The number of sulfonamides is 1. The van der Waals surface area contributed by atoms with Crippen molar-refractivity contribution in [3.8, 4) is 0 Å². The molecular weight excluding hydrogens is 454 g/mol. The number of anilines is 1. The van der Waals surface area contributed by atoms with Gasteiger partial charge in [0, 0.05) is 18.7 Å². The molecule has 0 bridgehead atoms. The van der Waals surface area contributed by atoms with Gasteiger partial charge in [0.15, 0.2) is 0 Å². The van der Waals surface area contributed by atoms with Crippen LogP contribution >= 0.6 is 0 Å². The Bertz CT molecular complexity index is 1200. The summed E-state index contributed by atoms with van der Waals surface area (Å²) in [5.74, 6) is -0.255. The number of hydrogen-bond acceptors (Lipinski definition) is 5. The highest BCUT2D eigenvalue weighted by atomic mass is 32.2. The second-order valence-electron chi connectivity index (χ2n) is 7.87. The summed E-state index contributed by atoms with van der Waals surface area (Å²) in [6.45, 7) is 2.00. The monoisotopic (exact) mass is 481 g/mol. The van der Waals surface area contributed by atoms with Crippen LogP contribution in [0, 0.1) is 16.0 Å². The predicted molar refractivity (Wildman–Crippen MR) is 131 cm³/mol. The quantitative estimate of drug-likeness (QED) is 0.326. The summed E-state index contributed by atoms with van der Waals surface area (Å²) in [7, 11) is -4.07. The van der Waals surface area contributed by atoms with E-state index < -0.39 is 27.4 Å². The molecule has 0 saturated heterocycles. The average Bonchev–Trinajstić information content (AvgIpc) is 2.86. The number of carbonyl (C=O) groups excluding carboxylic acids is 1. The fourth-order valence-corrected chi connectivity index (χ4v) is 4.97. The van der Waals surface area contributed by atoms with Crippen molar-refractivity contribution in [1.82, 2.24) is 5.32 Å². The fraction of sp³-hybridized carbons (Fsp3) is 0.240. The molecule has 9 heteroatoms. The Morgan fingerprint density at radius 3 is 2.12 bits per heavy atom. The lowest BCUT2D eigenvalue weighted by Crippen LogP contribution is -2.42. The van der Waals surface area contributed by atoms with Crippen molar-refractivity contribution in [2.45, 2.75) is 24.7 Å². The Labute approximate surface area is 199 Å². The lowest BCUT2D eigenvalue weighted by atomic mass is 9.97. The van der Waals surface area contributed by atoms with Gasteiger partial charge in [-0.3, -0.25) is 19.2 Å². The highest BCUT2D eigenvalue weighted by Crippen LogP contribution is 2.25. The fourth-order valence-electron chi connectivity index (χ4n) is 3.53. The predicted octanol–water partition coefficient (Wildman–Crippen LogP) is 4.18. The summed E-state index contributed by atoms with van der Waals surface area (Å²) in [6, 6.07) is 22.8. The van der Waals surface area contributed by atoms with Crippen LogP contribution in [-0.4, -0.2) is 32.3 Å². The minimum Gasteiger partial charge on any atom is -0.354 e. The van der Waals surface area contributed by atoms with Gasteiger partial charge in [-0.05, 0) is 42.2 Å². The zero-order valence-corrected chi connectivity index (χ0v) is 19.6. The van der Waals surface area contributed by atoms with Crippen LogP contribution in [0.25, 0.3) is 0 Å². The molecule has 178 valence electrons. The summed E-state index contributed by atoms with van der Waals surface area (Å²) < 4.78 is 27.6. The number of amides is 1. The number of hydrogen-bond donors (Lipinski definition) is 1. The van der Waals surface area contributed by atoms with Gasteiger partial charge in [-0.1, -0.05) is 61.9 Å². The molecule has 0 aliphatic carbocycles. The Morgan fingerprint density at radius 2 is 1.56 bits per heavy atom. The lowest BCUT2D eigenvalue weighted by Gasteiger charge is -2.24. The normalized spacial score (nSPS) is 12.0. The van der Waals surface area contributed by atoms with Crippen LogP contribution in [0.4, 0.5) is 11.4 Å². The minimum absolute atomic E-state index is 0.0247. The van der Waals surface area contributed by atoms with Gasteiger partial charge in [0.25, 0.3) is 15.7 Å². The van der Waals surface area contributed by atoms with Gasteiger partial charge in [-0.2, -0.15) is 0 Å². The Morgan fingerprint density at radius 1 is 0.971 bits per heavy atom. The summed E-state index contributed by atoms with van der Waals surface area (Å²) >= 11 is 0. The van der Waals surface area contributed by atoms with E-state index in [1.807, 2.05) is 37.3 Å². The number of carbonyl (C=O) groups is 1. The van der Waals surface area contributed by atoms with Gasteiger partial charge in [-0.15, -0.1) is 0 Å². The highest BCUT2D eigenvalue weighted by Gasteiger charge is 2.27. The van der Waals surface area contributed by atoms with Crippen LogP contribution in [0.5, 0.6) is 0 Å². The lowest BCUT2D eigenvalue weighted by molar-refractivity contribution is -0.384. The van der Waals surface area contributed by atoms with Gasteiger partial charge in [0.05, 0.1) is 15.5 Å². The maximum atomic E-state index is 13.3. The van der Waals surface area contributed by atoms with Crippen molar-refractivity contribution in [3.63, 3.8) is 0 Å². The van der Waals surface area contributed by atoms with E-state index in [1.165, 1.54) is 42.0 Å². The first-order valence-electron chi connectivity index (χ1n) is 10.9. The molecule has 34 heavy (non-hydrogen) atoms. The molecule has 8 nitrogen and oxygen atoms in total. The Hall–Kier alpha value is -3.72. The van der Waals surface area contributed by atoms with Gasteiger partial charge in [0.1, 0.15) is 6.54 Å². The van der Waals surface area contributed by atoms with E-state index in [0.717, 1.165) is 17.1 Å². The molecule has 1 N–H and O–H groups in total. The largest absolute Gasteiger partial charge is 0.354 e. The number of benzene rings is 3. The third kappa shape index (κ3) is 6.41. The minimum atomic E-state index is -4.07. The molecule has 1 unspecified atom stereocenters. The SMILES string of the molecule is CCC(CNC(=O)CN(c1ccc([N+](=O)[O-])cc1)S(=O)(=O)c1ccccc1)Cc1ccccc1. The van der Waals surface area contributed by atoms with E-state index >= 15 is 0 Å². The first-order valence-corrected chi connectivity index (χ1v) is 12.4. The molecule has 1 atom stereocenters. The summed E-state index contributed by atoms with van der Waals surface area (Å²) in [6.07, 6.45) is 1.65. The smallest absolute Gasteiger partial charge is 0.269 e. The van der Waals surface area contributed by atoms with E-state index in [0.29, 0.717) is 6.54 Å². The maximum absolute atomic E-state index is 13.3. The van der Waals surface area contributed by atoms with E-state index in [4.69, 9.17) is 0 Å². The molecule has 3 aromatic rings. The van der Waals surface area contributed by atoms with Crippen LogP contribution in [-0.2, 0) is 21.2 Å². The molecule has 0 spiro atoms. The third-order valence-corrected chi connectivity index (χ3v) is 7.29. The number of nitro groups is 1. The standard InChI is InChI=1S/C25H27N3O5S/c1-2-20(17-21-9-5-3-6-10-21)18-26-25(29)19-27(22-13-15-23(16-14-22)28(30)31)34(32,33)24-11-7-4-8-12-24/h3-16,20H,2,17-19H2,1H3,(H,26,29). The number of nitro benzene ring substituents is 1. The van der Waals surface area contributed by atoms with Crippen LogP contribution in [0.1, 0.15) is 18.9 Å². The Balaban J connectivity index is 1.78. The van der Waals surface area contributed by atoms with Crippen molar-refractivity contribution < 1.29 is 18.1 Å². The first kappa shape index (κ1) is 24.9. The van der Waals surface area contributed by atoms with Crippen molar-refractivity contribution in [2.24, 2.45) is 5.92 Å². The van der Waals surface area contributed by atoms with E-state index in [9.17, 15) is 23.3 Å². The van der Waals surface area contributed by atoms with Crippen molar-refractivity contribution in [3.05, 3.63) is 101 Å².